The standard InChI is InChI=1S/C10H15ClN2O4S/c1-4-17-10(14)8-6-13(12-9(8)11)7(3)18(15,16)5-2/h6-7H,4-5H2,1-3H3. The van der Waals surface area contributed by atoms with Crippen LogP contribution in [0.25, 0.3) is 0 Å². The van der Waals surface area contributed by atoms with Gasteiger partial charge in [0.2, 0.25) is 0 Å². The predicted molar refractivity (Wildman–Crippen MR) is 67.4 cm³/mol. The van der Waals surface area contributed by atoms with Crippen LogP contribution in [0.3, 0.4) is 0 Å². The van der Waals surface area contributed by atoms with E-state index in [1.165, 1.54) is 13.1 Å². The maximum atomic E-state index is 11.7. The van der Waals surface area contributed by atoms with Crippen molar-refractivity contribution >= 4 is 27.4 Å². The SMILES string of the molecule is CCOC(=O)c1cn(C(C)S(=O)(=O)CC)nc1Cl. The first-order valence-corrected chi connectivity index (χ1v) is 7.56. The lowest BCUT2D eigenvalue weighted by atomic mass is 10.4. The molecule has 6 nitrogen and oxygen atoms in total. The van der Waals surface area contributed by atoms with E-state index in [1.807, 2.05) is 0 Å². The van der Waals surface area contributed by atoms with Crippen LogP contribution < -0.4 is 0 Å². The number of ether oxygens (including phenoxy) is 1. The van der Waals surface area contributed by atoms with E-state index in [2.05, 4.69) is 5.10 Å². The van der Waals surface area contributed by atoms with Crippen molar-refractivity contribution in [2.75, 3.05) is 12.4 Å². The normalized spacial score (nSPS) is 13.3. The zero-order valence-electron chi connectivity index (χ0n) is 10.4. The number of sulfone groups is 1. The zero-order chi connectivity index (χ0) is 13.9. The average Bonchev–Trinajstić information content (AvgIpc) is 2.70. The molecule has 0 spiro atoms. The lowest BCUT2D eigenvalue weighted by Crippen LogP contribution is -2.19. The highest BCUT2D eigenvalue weighted by molar-refractivity contribution is 7.91. The molecular weight excluding hydrogens is 280 g/mol. The molecule has 0 saturated heterocycles. The highest BCUT2D eigenvalue weighted by atomic mass is 35.5. The first-order chi connectivity index (χ1) is 8.33. The maximum absolute atomic E-state index is 11.7. The maximum Gasteiger partial charge on any atom is 0.342 e. The number of rotatable bonds is 5. The summed E-state index contributed by atoms with van der Waals surface area (Å²) < 4.78 is 29.3. The van der Waals surface area contributed by atoms with E-state index >= 15 is 0 Å². The topological polar surface area (TPSA) is 78.3 Å². The number of aromatic nitrogens is 2. The predicted octanol–water partition coefficient (Wildman–Crippen LogP) is 1.67. The van der Waals surface area contributed by atoms with Crippen LogP contribution in [0.5, 0.6) is 0 Å². The minimum Gasteiger partial charge on any atom is -0.462 e. The number of hydrogen-bond donors (Lipinski definition) is 0. The Bertz CT molecular complexity index is 538. The van der Waals surface area contributed by atoms with Crippen LogP contribution in [0.1, 0.15) is 36.5 Å². The summed E-state index contributed by atoms with van der Waals surface area (Å²) in [6, 6.07) is 0. The van der Waals surface area contributed by atoms with Gasteiger partial charge in [-0.2, -0.15) is 5.10 Å². The molecular formula is C10H15ClN2O4S. The van der Waals surface area contributed by atoms with E-state index in [-0.39, 0.29) is 23.1 Å². The van der Waals surface area contributed by atoms with E-state index < -0.39 is 21.2 Å². The molecule has 0 N–H and O–H groups in total. The Balaban J connectivity index is 3.08. The van der Waals surface area contributed by atoms with Gasteiger partial charge in [0, 0.05) is 11.9 Å². The van der Waals surface area contributed by atoms with Gasteiger partial charge >= 0.3 is 5.97 Å². The Morgan fingerprint density at radius 1 is 1.56 bits per heavy atom. The fraction of sp³-hybridized carbons (Fsp3) is 0.600. The molecule has 1 aromatic rings. The van der Waals surface area contributed by atoms with Crippen LogP contribution >= 0.6 is 11.6 Å². The molecule has 1 rings (SSSR count). The van der Waals surface area contributed by atoms with E-state index in [0.717, 1.165) is 4.68 Å². The molecule has 102 valence electrons. The van der Waals surface area contributed by atoms with Crippen molar-refractivity contribution in [2.24, 2.45) is 0 Å². The second-order valence-corrected chi connectivity index (χ2v) is 6.53. The Kier molecular flexibility index (Phi) is 4.75. The van der Waals surface area contributed by atoms with E-state index in [0.29, 0.717) is 0 Å². The van der Waals surface area contributed by atoms with Crippen molar-refractivity contribution < 1.29 is 17.9 Å². The van der Waals surface area contributed by atoms with Crippen LogP contribution in [-0.4, -0.2) is 36.5 Å². The molecule has 1 unspecified atom stereocenters. The summed E-state index contributed by atoms with van der Waals surface area (Å²) in [5.41, 5.74) is 0.0664. The molecule has 0 saturated carbocycles. The molecule has 0 amide bonds. The Morgan fingerprint density at radius 2 is 2.17 bits per heavy atom. The Morgan fingerprint density at radius 3 is 2.67 bits per heavy atom. The van der Waals surface area contributed by atoms with Crippen molar-refractivity contribution in [3.05, 3.63) is 16.9 Å². The molecule has 0 aromatic carbocycles. The van der Waals surface area contributed by atoms with Gasteiger partial charge in [0.15, 0.2) is 20.4 Å². The summed E-state index contributed by atoms with van der Waals surface area (Å²) in [4.78, 5) is 11.5. The van der Waals surface area contributed by atoms with Gasteiger partial charge in [0.1, 0.15) is 5.56 Å². The fourth-order valence-corrected chi connectivity index (χ4v) is 2.44. The number of halogens is 1. The van der Waals surface area contributed by atoms with Crippen LogP contribution in [0.2, 0.25) is 5.15 Å². The molecule has 0 fully saturated rings. The highest BCUT2D eigenvalue weighted by Gasteiger charge is 2.24. The molecule has 0 aliphatic heterocycles. The van der Waals surface area contributed by atoms with Crippen molar-refractivity contribution in [3.63, 3.8) is 0 Å². The largest absolute Gasteiger partial charge is 0.462 e. The zero-order valence-corrected chi connectivity index (χ0v) is 12.0. The minimum atomic E-state index is -3.30. The molecule has 18 heavy (non-hydrogen) atoms. The summed E-state index contributed by atoms with van der Waals surface area (Å²) in [5.74, 6) is -0.629. The van der Waals surface area contributed by atoms with Crippen LogP contribution in [0.15, 0.2) is 6.20 Å². The quantitative estimate of drug-likeness (QED) is 0.772. The number of carbonyl (C=O) groups is 1. The first-order valence-electron chi connectivity index (χ1n) is 5.46. The van der Waals surface area contributed by atoms with Crippen molar-refractivity contribution in [2.45, 2.75) is 26.1 Å². The third-order valence-electron chi connectivity index (χ3n) is 2.48. The monoisotopic (exact) mass is 294 g/mol. The van der Waals surface area contributed by atoms with Gasteiger partial charge in [-0.05, 0) is 13.8 Å². The number of hydrogen-bond acceptors (Lipinski definition) is 5. The smallest absolute Gasteiger partial charge is 0.342 e. The number of nitrogens with zero attached hydrogens (tertiary/aromatic N) is 2. The van der Waals surface area contributed by atoms with Gasteiger partial charge in [-0.3, -0.25) is 4.68 Å². The summed E-state index contributed by atoms with van der Waals surface area (Å²) in [6.45, 7) is 4.91. The lowest BCUT2D eigenvalue weighted by molar-refractivity contribution is 0.0526. The third kappa shape index (κ3) is 3.02. The van der Waals surface area contributed by atoms with Gasteiger partial charge in [-0.15, -0.1) is 0 Å². The summed E-state index contributed by atoms with van der Waals surface area (Å²) in [6.07, 6.45) is 1.29. The van der Waals surface area contributed by atoms with Crippen LogP contribution in [-0.2, 0) is 14.6 Å². The van der Waals surface area contributed by atoms with Gasteiger partial charge in [-0.1, -0.05) is 18.5 Å². The molecule has 0 bridgehead atoms. The first kappa shape index (κ1) is 15.0. The lowest BCUT2D eigenvalue weighted by Gasteiger charge is -2.11. The Hall–Kier alpha value is -1.08. The molecule has 8 heteroatoms. The van der Waals surface area contributed by atoms with E-state index in [1.54, 1.807) is 13.8 Å². The summed E-state index contributed by atoms with van der Waals surface area (Å²) >= 11 is 5.79. The second-order valence-electron chi connectivity index (χ2n) is 3.58. The number of carbonyl (C=O) groups excluding carboxylic acids is 1. The van der Waals surface area contributed by atoms with E-state index in [9.17, 15) is 13.2 Å². The summed E-state index contributed by atoms with van der Waals surface area (Å²) in [5, 5.41) is 2.89. The van der Waals surface area contributed by atoms with Crippen molar-refractivity contribution in [1.29, 1.82) is 0 Å². The number of esters is 1. The van der Waals surface area contributed by atoms with Gasteiger partial charge in [0.05, 0.1) is 6.61 Å². The molecule has 0 aliphatic rings. The molecule has 1 heterocycles. The van der Waals surface area contributed by atoms with E-state index in [4.69, 9.17) is 16.3 Å². The van der Waals surface area contributed by atoms with Crippen LogP contribution in [0, 0.1) is 0 Å². The van der Waals surface area contributed by atoms with Gasteiger partial charge < -0.3 is 4.74 Å². The van der Waals surface area contributed by atoms with Crippen molar-refractivity contribution in [1.82, 2.24) is 9.78 Å². The van der Waals surface area contributed by atoms with Gasteiger partial charge in [0.25, 0.3) is 0 Å². The fourth-order valence-electron chi connectivity index (χ4n) is 1.31. The third-order valence-corrected chi connectivity index (χ3v) is 4.82. The van der Waals surface area contributed by atoms with Crippen LogP contribution in [0.4, 0.5) is 0 Å². The van der Waals surface area contributed by atoms with Crippen molar-refractivity contribution in [3.8, 4) is 0 Å². The average molecular weight is 295 g/mol. The second kappa shape index (κ2) is 5.71. The summed E-state index contributed by atoms with van der Waals surface area (Å²) in [7, 11) is -3.30. The molecule has 1 aromatic heterocycles. The highest BCUT2D eigenvalue weighted by Crippen LogP contribution is 2.20. The minimum absolute atomic E-state index is 0.0135. The molecule has 1 atom stereocenters. The Labute approximate surface area is 111 Å². The van der Waals surface area contributed by atoms with Gasteiger partial charge in [-0.25, -0.2) is 13.2 Å². The molecule has 0 radical (unpaired) electrons. The molecule has 0 aliphatic carbocycles.